The lowest BCUT2D eigenvalue weighted by molar-refractivity contribution is -0.305. The standard InChI is InChI=1S/C19H15NO6/c1-26-15-8-4-5-11(17(15)23)9-14-12-6-2-3-7-13(12)18(24)20(19(14)25)10-16(21)22/h2-9,23H,10H2,1H3,(H,21,22)/p-1/b14-9-. The summed E-state index contributed by atoms with van der Waals surface area (Å²) in [6, 6.07) is 11.1. The summed E-state index contributed by atoms with van der Waals surface area (Å²) in [5.74, 6) is -2.98. The highest BCUT2D eigenvalue weighted by Crippen LogP contribution is 2.35. The molecule has 0 radical (unpaired) electrons. The highest BCUT2D eigenvalue weighted by molar-refractivity contribution is 6.34. The topological polar surface area (TPSA) is 107 Å². The van der Waals surface area contributed by atoms with E-state index in [1.807, 2.05) is 0 Å². The summed E-state index contributed by atoms with van der Waals surface area (Å²) >= 11 is 0. The zero-order valence-corrected chi connectivity index (χ0v) is 13.8. The predicted molar refractivity (Wildman–Crippen MR) is 90.0 cm³/mol. The summed E-state index contributed by atoms with van der Waals surface area (Å²) in [6.07, 6.45) is 1.40. The molecule has 0 fully saturated rings. The van der Waals surface area contributed by atoms with Gasteiger partial charge in [0.15, 0.2) is 11.5 Å². The van der Waals surface area contributed by atoms with Crippen LogP contribution in [0, 0.1) is 0 Å². The minimum atomic E-state index is -1.55. The SMILES string of the molecule is COc1cccc(/C=C2\C(=O)N(CC(=O)[O-])C(=O)c3ccccc32)c1O. The van der Waals surface area contributed by atoms with E-state index >= 15 is 0 Å². The first kappa shape index (κ1) is 17.2. The number of aliphatic carboxylic acids is 1. The number of phenols is 1. The fourth-order valence-electron chi connectivity index (χ4n) is 2.79. The van der Waals surface area contributed by atoms with Gasteiger partial charge in [-0.3, -0.25) is 14.5 Å². The second-order valence-corrected chi connectivity index (χ2v) is 5.57. The highest BCUT2D eigenvalue weighted by Gasteiger charge is 2.34. The molecule has 0 spiro atoms. The van der Waals surface area contributed by atoms with Crippen LogP contribution in [0.25, 0.3) is 11.6 Å². The van der Waals surface area contributed by atoms with Crippen molar-refractivity contribution in [2.45, 2.75) is 0 Å². The summed E-state index contributed by atoms with van der Waals surface area (Å²) < 4.78 is 5.05. The highest BCUT2D eigenvalue weighted by atomic mass is 16.5. The molecule has 2 aromatic carbocycles. The van der Waals surface area contributed by atoms with E-state index in [0.717, 1.165) is 0 Å². The Morgan fingerprint density at radius 1 is 1.12 bits per heavy atom. The smallest absolute Gasteiger partial charge is 0.261 e. The van der Waals surface area contributed by atoms with E-state index in [4.69, 9.17) is 4.74 Å². The van der Waals surface area contributed by atoms with Crippen LogP contribution in [0.3, 0.4) is 0 Å². The van der Waals surface area contributed by atoms with Gasteiger partial charge in [0.1, 0.15) is 0 Å². The molecule has 0 saturated carbocycles. The number of hydrogen-bond donors (Lipinski definition) is 1. The predicted octanol–water partition coefficient (Wildman–Crippen LogP) is 0.674. The second-order valence-electron chi connectivity index (χ2n) is 5.57. The number of carboxylic acid groups (broad SMARTS) is 1. The summed E-state index contributed by atoms with van der Waals surface area (Å²) in [5, 5.41) is 21.2. The zero-order valence-electron chi connectivity index (χ0n) is 13.8. The van der Waals surface area contributed by atoms with Crippen molar-refractivity contribution in [3.05, 3.63) is 59.2 Å². The molecule has 0 saturated heterocycles. The minimum absolute atomic E-state index is 0.0880. The molecule has 1 aliphatic heterocycles. The number of benzene rings is 2. The molecule has 3 rings (SSSR count). The number of imide groups is 1. The van der Waals surface area contributed by atoms with Gasteiger partial charge in [0.05, 0.1) is 19.6 Å². The third kappa shape index (κ3) is 2.90. The van der Waals surface area contributed by atoms with Crippen molar-refractivity contribution in [1.82, 2.24) is 4.90 Å². The lowest BCUT2D eigenvalue weighted by atomic mass is 9.92. The molecule has 1 N–H and O–H groups in total. The molecule has 7 nitrogen and oxygen atoms in total. The van der Waals surface area contributed by atoms with Gasteiger partial charge in [0.25, 0.3) is 11.8 Å². The van der Waals surface area contributed by atoms with Crippen molar-refractivity contribution in [2.75, 3.05) is 13.7 Å². The average Bonchev–Trinajstić information content (AvgIpc) is 2.63. The van der Waals surface area contributed by atoms with Crippen molar-refractivity contribution in [3.8, 4) is 11.5 Å². The van der Waals surface area contributed by atoms with Gasteiger partial charge in [0.2, 0.25) is 0 Å². The molecule has 0 bridgehead atoms. The van der Waals surface area contributed by atoms with E-state index in [0.29, 0.717) is 16.0 Å². The van der Waals surface area contributed by atoms with E-state index in [1.165, 1.54) is 19.3 Å². The fourth-order valence-corrected chi connectivity index (χ4v) is 2.79. The number of nitrogens with zero attached hydrogens (tertiary/aromatic N) is 1. The van der Waals surface area contributed by atoms with Crippen molar-refractivity contribution >= 4 is 29.4 Å². The maximum atomic E-state index is 12.7. The Labute approximate surface area is 148 Å². The van der Waals surface area contributed by atoms with Gasteiger partial charge < -0.3 is 19.7 Å². The van der Waals surface area contributed by atoms with Crippen LogP contribution in [0.1, 0.15) is 21.5 Å². The summed E-state index contributed by atoms with van der Waals surface area (Å²) in [7, 11) is 1.40. The van der Waals surface area contributed by atoms with Crippen LogP contribution in [-0.4, -0.2) is 41.4 Å². The summed E-state index contributed by atoms with van der Waals surface area (Å²) in [5.41, 5.74) is 0.941. The number of hydrogen-bond acceptors (Lipinski definition) is 6. The number of carbonyl (C=O) groups excluding carboxylic acids is 3. The van der Waals surface area contributed by atoms with Crippen molar-refractivity contribution in [1.29, 1.82) is 0 Å². The van der Waals surface area contributed by atoms with E-state index in [-0.39, 0.29) is 22.6 Å². The largest absolute Gasteiger partial charge is 0.548 e. The number of ether oxygens (including phenoxy) is 1. The first-order valence-corrected chi connectivity index (χ1v) is 7.67. The molecule has 0 unspecified atom stereocenters. The number of para-hydroxylation sites is 1. The fraction of sp³-hybridized carbons (Fsp3) is 0.105. The number of phenolic OH excluding ortho intramolecular Hbond substituents is 1. The Kier molecular flexibility index (Phi) is 4.45. The second kappa shape index (κ2) is 6.72. The van der Waals surface area contributed by atoms with Crippen molar-refractivity contribution in [3.63, 3.8) is 0 Å². The van der Waals surface area contributed by atoms with E-state index < -0.39 is 24.3 Å². The molecular weight excluding hydrogens is 338 g/mol. The summed E-state index contributed by atoms with van der Waals surface area (Å²) in [4.78, 5) is 36.7. The molecule has 2 amide bonds. The van der Waals surface area contributed by atoms with Gasteiger partial charge in [-0.25, -0.2) is 0 Å². The van der Waals surface area contributed by atoms with Gasteiger partial charge in [-0.2, -0.15) is 0 Å². The van der Waals surface area contributed by atoms with E-state index in [2.05, 4.69) is 0 Å². The first-order valence-electron chi connectivity index (χ1n) is 7.67. The van der Waals surface area contributed by atoms with Crippen LogP contribution in [0.4, 0.5) is 0 Å². The Balaban J connectivity index is 2.19. The number of rotatable bonds is 4. The van der Waals surface area contributed by atoms with Gasteiger partial charge >= 0.3 is 0 Å². The van der Waals surface area contributed by atoms with Gasteiger partial charge in [-0.05, 0) is 23.8 Å². The molecule has 1 heterocycles. The molecule has 0 atom stereocenters. The molecule has 7 heteroatoms. The molecule has 2 aromatic rings. The van der Waals surface area contributed by atoms with Crippen LogP contribution in [-0.2, 0) is 9.59 Å². The third-order valence-corrected chi connectivity index (χ3v) is 4.01. The summed E-state index contributed by atoms with van der Waals surface area (Å²) in [6.45, 7) is -0.854. The lowest BCUT2D eigenvalue weighted by Gasteiger charge is -2.28. The molecule has 132 valence electrons. The van der Waals surface area contributed by atoms with Gasteiger partial charge in [-0.15, -0.1) is 0 Å². The molecule has 1 aliphatic rings. The van der Waals surface area contributed by atoms with E-state index in [9.17, 15) is 24.6 Å². The third-order valence-electron chi connectivity index (χ3n) is 4.01. The molecule has 0 aliphatic carbocycles. The Bertz CT molecular complexity index is 947. The number of carboxylic acids is 1. The monoisotopic (exact) mass is 352 g/mol. The number of amides is 2. The maximum absolute atomic E-state index is 12.7. The van der Waals surface area contributed by atoms with Crippen LogP contribution < -0.4 is 9.84 Å². The van der Waals surface area contributed by atoms with Crippen LogP contribution >= 0.6 is 0 Å². The van der Waals surface area contributed by atoms with Gasteiger partial charge in [-0.1, -0.05) is 30.3 Å². The lowest BCUT2D eigenvalue weighted by Crippen LogP contribution is -2.47. The Morgan fingerprint density at radius 3 is 2.46 bits per heavy atom. The first-order chi connectivity index (χ1) is 12.4. The molecule has 26 heavy (non-hydrogen) atoms. The maximum Gasteiger partial charge on any atom is 0.261 e. The number of carbonyl (C=O) groups is 3. The number of methoxy groups -OCH3 is 1. The average molecular weight is 352 g/mol. The number of fused-ring (bicyclic) bond motifs is 1. The van der Waals surface area contributed by atoms with E-state index in [1.54, 1.807) is 36.4 Å². The normalized spacial score (nSPS) is 15.1. The quantitative estimate of drug-likeness (QED) is 0.640. The Morgan fingerprint density at radius 2 is 1.81 bits per heavy atom. The Hall–Kier alpha value is -3.61. The minimum Gasteiger partial charge on any atom is -0.548 e. The number of aromatic hydroxyl groups is 1. The zero-order chi connectivity index (χ0) is 18.8. The molecular formula is C19H14NO6-. The van der Waals surface area contributed by atoms with Crippen molar-refractivity contribution in [2.24, 2.45) is 0 Å². The van der Waals surface area contributed by atoms with Crippen molar-refractivity contribution < 1.29 is 29.3 Å². The molecule has 0 aromatic heterocycles. The van der Waals surface area contributed by atoms with Gasteiger partial charge in [0, 0.05) is 16.7 Å². The van der Waals surface area contributed by atoms with Crippen LogP contribution in [0.2, 0.25) is 0 Å². The van der Waals surface area contributed by atoms with Crippen LogP contribution in [0.5, 0.6) is 11.5 Å². The van der Waals surface area contributed by atoms with Crippen LogP contribution in [0.15, 0.2) is 42.5 Å².